The van der Waals surface area contributed by atoms with Gasteiger partial charge in [0, 0.05) is 31.1 Å². The first-order valence-electron chi connectivity index (χ1n) is 5.84. The normalized spacial score (nSPS) is 18.9. The average molecular weight is 269 g/mol. The number of thiazole rings is 1. The molecule has 2 N–H and O–H groups in total. The topological polar surface area (TPSA) is 82.5 Å². The molecule has 7 heteroatoms. The first-order chi connectivity index (χ1) is 8.68. The van der Waals surface area contributed by atoms with E-state index in [2.05, 4.69) is 10.3 Å². The zero-order valence-electron chi connectivity index (χ0n) is 9.83. The maximum Gasteiger partial charge on any atom is 0.326 e. The van der Waals surface area contributed by atoms with E-state index in [9.17, 15) is 9.59 Å². The fourth-order valence-electron chi connectivity index (χ4n) is 2.02. The molecule has 98 valence electrons. The van der Waals surface area contributed by atoms with Crippen molar-refractivity contribution in [3.8, 4) is 0 Å². The van der Waals surface area contributed by atoms with Crippen molar-refractivity contribution in [2.75, 3.05) is 13.1 Å². The number of hydrogen-bond acceptors (Lipinski definition) is 4. The van der Waals surface area contributed by atoms with Gasteiger partial charge < -0.3 is 15.3 Å². The Morgan fingerprint density at radius 3 is 3.11 bits per heavy atom. The third kappa shape index (κ3) is 2.98. The summed E-state index contributed by atoms with van der Waals surface area (Å²) in [5.74, 6) is -0.928. The monoisotopic (exact) mass is 269 g/mol. The third-order valence-electron chi connectivity index (χ3n) is 2.90. The van der Waals surface area contributed by atoms with Crippen LogP contribution in [0, 0.1) is 0 Å². The maximum atomic E-state index is 11.8. The van der Waals surface area contributed by atoms with Gasteiger partial charge in [-0.05, 0) is 12.8 Å². The van der Waals surface area contributed by atoms with Crippen molar-refractivity contribution in [1.29, 1.82) is 0 Å². The molecule has 18 heavy (non-hydrogen) atoms. The number of urea groups is 1. The quantitative estimate of drug-likeness (QED) is 0.852. The van der Waals surface area contributed by atoms with Crippen LogP contribution >= 0.6 is 11.3 Å². The molecule has 0 aromatic carbocycles. The van der Waals surface area contributed by atoms with Crippen LogP contribution in [0.2, 0.25) is 0 Å². The highest BCUT2D eigenvalue weighted by molar-refractivity contribution is 7.09. The van der Waals surface area contributed by atoms with Crippen LogP contribution in [0.1, 0.15) is 17.8 Å². The summed E-state index contributed by atoms with van der Waals surface area (Å²) < 4.78 is 0. The number of nitrogens with zero attached hydrogens (tertiary/aromatic N) is 2. The fourth-order valence-corrected chi connectivity index (χ4v) is 2.64. The lowest BCUT2D eigenvalue weighted by Crippen LogP contribution is -2.46. The first kappa shape index (κ1) is 12.8. The smallest absolute Gasteiger partial charge is 0.326 e. The number of aliphatic carboxylic acids is 1. The fraction of sp³-hybridized carbons (Fsp3) is 0.545. The van der Waals surface area contributed by atoms with E-state index < -0.39 is 12.0 Å². The summed E-state index contributed by atoms with van der Waals surface area (Å²) in [7, 11) is 0. The molecule has 2 amide bonds. The number of carboxylic acid groups (broad SMARTS) is 1. The molecule has 1 atom stereocenters. The lowest BCUT2D eigenvalue weighted by molar-refractivity contribution is -0.141. The van der Waals surface area contributed by atoms with Crippen LogP contribution in [0.3, 0.4) is 0 Å². The number of hydrogen-bond donors (Lipinski definition) is 2. The van der Waals surface area contributed by atoms with Crippen molar-refractivity contribution in [1.82, 2.24) is 15.2 Å². The number of likely N-dealkylation sites (tertiary alicyclic amines) is 1. The van der Waals surface area contributed by atoms with Gasteiger partial charge in [0.25, 0.3) is 0 Å². The van der Waals surface area contributed by atoms with Crippen molar-refractivity contribution in [3.63, 3.8) is 0 Å². The van der Waals surface area contributed by atoms with E-state index in [-0.39, 0.29) is 6.03 Å². The molecule has 1 aromatic rings. The average Bonchev–Trinajstić information content (AvgIpc) is 2.99. The molecule has 1 aliphatic heterocycles. The zero-order valence-corrected chi connectivity index (χ0v) is 10.7. The van der Waals surface area contributed by atoms with Gasteiger partial charge in [0.05, 0.1) is 5.01 Å². The van der Waals surface area contributed by atoms with E-state index in [1.165, 1.54) is 4.90 Å². The minimum atomic E-state index is -0.928. The molecule has 0 saturated carbocycles. The summed E-state index contributed by atoms with van der Waals surface area (Å²) >= 11 is 1.54. The Morgan fingerprint density at radius 2 is 2.44 bits per heavy atom. The minimum Gasteiger partial charge on any atom is -0.480 e. The zero-order chi connectivity index (χ0) is 13.0. The van der Waals surface area contributed by atoms with Gasteiger partial charge >= 0.3 is 12.0 Å². The van der Waals surface area contributed by atoms with E-state index in [4.69, 9.17) is 5.11 Å². The molecular formula is C11H15N3O3S. The summed E-state index contributed by atoms with van der Waals surface area (Å²) in [5.41, 5.74) is 0. The maximum absolute atomic E-state index is 11.8. The Morgan fingerprint density at radius 1 is 1.61 bits per heavy atom. The lowest BCUT2D eigenvalue weighted by Gasteiger charge is -2.21. The van der Waals surface area contributed by atoms with Crippen LogP contribution in [0.15, 0.2) is 11.6 Å². The Hall–Kier alpha value is -1.63. The van der Waals surface area contributed by atoms with Gasteiger partial charge in [0.1, 0.15) is 6.04 Å². The van der Waals surface area contributed by atoms with Gasteiger partial charge in [0.2, 0.25) is 0 Å². The van der Waals surface area contributed by atoms with Crippen LogP contribution in [0.4, 0.5) is 4.79 Å². The number of aromatic nitrogens is 1. The molecule has 2 heterocycles. The SMILES string of the molecule is O=C(O)[C@H]1CCCN1C(=O)NCCc1nccs1. The molecule has 0 unspecified atom stereocenters. The van der Waals surface area contributed by atoms with Crippen molar-refractivity contribution in [3.05, 3.63) is 16.6 Å². The van der Waals surface area contributed by atoms with Crippen LogP contribution in [-0.4, -0.2) is 46.1 Å². The summed E-state index contributed by atoms with van der Waals surface area (Å²) in [4.78, 5) is 28.3. The highest BCUT2D eigenvalue weighted by Gasteiger charge is 2.33. The number of amides is 2. The molecule has 0 aliphatic carbocycles. The predicted octanol–water partition coefficient (Wildman–Crippen LogP) is 0.944. The van der Waals surface area contributed by atoms with Crippen LogP contribution in [0.25, 0.3) is 0 Å². The van der Waals surface area contributed by atoms with E-state index >= 15 is 0 Å². The van der Waals surface area contributed by atoms with E-state index in [1.807, 2.05) is 5.38 Å². The molecule has 1 fully saturated rings. The largest absolute Gasteiger partial charge is 0.480 e. The molecule has 0 bridgehead atoms. The van der Waals surface area contributed by atoms with Crippen LogP contribution < -0.4 is 5.32 Å². The molecule has 1 aromatic heterocycles. The number of carbonyl (C=O) groups is 2. The molecule has 1 aliphatic rings. The van der Waals surface area contributed by atoms with E-state index in [1.54, 1.807) is 17.5 Å². The Kier molecular flexibility index (Phi) is 4.14. The van der Waals surface area contributed by atoms with Gasteiger partial charge in [-0.25, -0.2) is 14.6 Å². The Labute approximate surface area is 109 Å². The number of nitrogens with one attached hydrogen (secondary N) is 1. The van der Waals surface area contributed by atoms with Crippen LogP contribution in [-0.2, 0) is 11.2 Å². The van der Waals surface area contributed by atoms with E-state index in [0.29, 0.717) is 25.9 Å². The summed E-state index contributed by atoms with van der Waals surface area (Å²) in [6.07, 6.45) is 3.68. The minimum absolute atomic E-state index is 0.295. The molecular weight excluding hydrogens is 254 g/mol. The van der Waals surface area contributed by atoms with Crippen molar-refractivity contribution >= 4 is 23.3 Å². The standard InChI is InChI=1S/C11H15N3O3S/c15-10(16)8-2-1-6-14(8)11(17)13-4-3-9-12-5-7-18-9/h5,7-8H,1-4,6H2,(H,13,17)(H,15,16)/t8-/m1/s1. The van der Waals surface area contributed by atoms with Gasteiger partial charge in [-0.2, -0.15) is 0 Å². The Balaban J connectivity index is 1.79. The second-order valence-electron chi connectivity index (χ2n) is 4.10. The first-order valence-corrected chi connectivity index (χ1v) is 6.72. The van der Waals surface area contributed by atoms with Gasteiger partial charge in [0.15, 0.2) is 0 Å². The number of carbonyl (C=O) groups excluding carboxylic acids is 1. The van der Waals surface area contributed by atoms with Crippen molar-refractivity contribution in [2.24, 2.45) is 0 Å². The predicted molar refractivity (Wildman–Crippen MR) is 66.6 cm³/mol. The summed E-state index contributed by atoms with van der Waals surface area (Å²) in [5, 5.41) is 14.6. The highest BCUT2D eigenvalue weighted by atomic mass is 32.1. The molecule has 0 radical (unpaired) electrons. The Bertz CT molecular complexity index is 421. The van der Waals surface area contributed by atoms with Gasteiger partial charge in [-0.3, -0.25) is 0 Å². The van der Waals surface area contributed by atoms with Gasteiger partial charge in [-0.1, -0.05) is 0 Å². The summed E-state index contributed by atoms with van der Waals surface area (Å²) in [6, 6.07) is -0.971. The highest BCUT2D eigenvalue weighted by Crippen LogP contribution is 2.17. The number of rotatable bonds is 4. The third-order valence-corrected chi connectivity index (χ3v) is 3.74. The lowest BCUT2D eigenvalue weighted by atomic mass is 10.2. The molecule has 6 nitrogen and oxygen atoms in total. The van der Waals surface area contributed by atoms with E-state index in [0.717, 1.165) is 11.4 Å². The van der Waals surface area contributed by atoms with Crippen molar-refractivity contribution < 1.29 is 14.7 Å². The molecule has 1 saturated heterocycles. The second kappa shape index (κ2) is 5.81. The van der Waals surface area contributed by atoms with Crippen molar-refractivity contribution in [2.45, 2.75) is 25.3 Å². The second-order valence-corrected chi connectivity index (χ2v) is 5.08. The molecule has 2 rings (SSSR count). The number of carboxylic acids is 1. The van der Waals surface area contributed by atoms with Gasteiger partial charge in [-0.15, -0.1) is 11.3 Å². The van der Waals surface area contributed by atoms with Crippen LogP contribution in [0.5, 0.6) is 0 Å². The molecule has 0 spiro atoms. The summed E-state index contributed by atoms with van der Waals surface area (Å²) in [6.45, 7) is 0.995.